The highest BCUT2D eigenvalue weighted by atomic mass is 32.2. The molecule has 0 saturated carbocycles. The summed E-state index contributed by atoms with van der Waals surface area (Å²) in [5.74, 6) is 0.0103. The van der Waals surface area contributed by atoms with Gasteiger partial charge in [-0.05, 0) is 67.6 Å². The third-order valence-corrected chi connectivity index (χ3v) is 7.06. The number of sulfonamides is 1. The van der Waals surface area contributed by atoms with Crippen LogP contribution in [0.2, 0.25) is 0 Å². The van der Waals surface area contributed by atoms with Crippen LogP contribution in [0.3, 0.4) is 0 Å². The second-order valence-electron chi connectivity index (χ2n) is 7.82. The molecule has 0 spiro atoms. The summed E-state index contributed by atoms with van der Waals surface area (Å²) in [6.45, 7) is 4.71. The van der Waals surface area contributed by atoms with E-state index < -0.39 is 10.0 Å². The van der Waals surface area contributed by atoms with Gasteiger partial charge in [-0.25, -0.2) is 8.42 Å². The van der Waals surface area contributed by atoms with Crippen molar-refractivity contribution in [1.82, 2.24) is 0 Å². The number of amides is 2. The maximum Gasteiger partial charge on any atom is 0.261 e. The number of hydrogen-bond acceptors (Lipinski definition) is 4. The maximum atomic E-state index is 13.0. The molecule has 0 bridgehead atoms. The van der Waals surface area contributed by atoms with E-state index in [2.05, 4.69) is 4.72 Å². The molecule has 0 radical (unpaired) electrons. The Labute approximate surface area is 176 Å². The van der Waals surface area contributed by atoms with Crippen molar-refractivity contribution >= 4 is 38.9 Å². The molecule has 1 fully saturated rings. The fourth-order valence-electron chi connectivity index (χ4n) is 4.15. The lowest BCUT2D eigenvalue weighted by molar-refractivity contribution is -0.117. The molecule has 2 amide bonds. The fourth-order valence-corrected chi connectivity index (χ4v) is 5.25. The molecule has 0 unspecified atom stereocenters. The summed E-state index contributed by atoms with van der Waals surface area (Å²) in [5.41, 5.74) is 3.70. The molecule has 2 heterocycles. The first-order chi connectivity index (χ1) is 14.3. The first-order valence-corrected chi connectivity index (χ1v) is 11.6. The summed E-state index contributed by atoms with van der Waals surface area (Å²) < 4.78 is 28.7. The van der Waals surface area contributed by atoms with Crippen LogP contribution in [0.4, 0.5) is 17.1 Å². The molecular weight excluding hydrogens is 402 g/mol. The quantitative estimate of drug-likeness (QED) is 0.812. The second-order valence-corrected chi connectivity index (χ2v) is 9.50. The minimum absolute atomic E-state index is 0.0478. The number of hydrogen-bond donors (Lipinski definition) is 1. The lowest BCUT2D eigenvalue weighted by atomic mass is 10.0. The molecule has 30 heavy (non-hydrogen) atoms. The van der Waals surface area contributed by atoms with E-state index in [1.807, 2.05) is 13.0 Å². The Balaban J connectivity index is 1.62. The van der Waals surface area contributed by atoms with Gasteiger partial charge in [-0.1, -0.05) is 6.07 Å². The molecule has 0 aromatic heterocycles. The summed E-state index contributed by atoms with van der Waals surface area (Å²) >= 11 is 0. The van der Waals surface area contributed by atoms with E-state index in [0.29, 0.717) is 25.2 Å². The van der Waals surface area contributed by atoms with Gasteiger partial charge >= 0.3 is 0 Å². The molecule has 4 rings (SSSR count). The van der Waals surface area contributed by atoms with Gasteiger partial charge in [0.25, 0.3) is 10.0 Å². The van der Waals surface area contributed by atoms with Crippen LogP contribution < -0.4 is 14.5 Å². The summed E-state index contributed by atoms with van der Waals surface area (Å²) in [5, 5.41) is 0. The third kappa shape index (κ3) is 3.79. The highest BCUT2D eigenvalue weighted by molar-refractivity contribution is 7.92. The van der Waals surface area contributed by atoms with Gasteiger partial charge in [0.1, 0.15) is 0 Å². The van der Waals surface area contributed by atoms with Gasteiger partial charge < -0.3 is 9.80 Å². The molecule has 1 N–H and O–H groups in total. The molecule has 2 aromatic rings. The van der Waals surface area contributed by atoms with Gasteiger partial charge in [0, 0.05) is 37.8 Å². The molecule has 2 aliphatic rings. The van der Waals surface area contributed by atoms with Crippen LogP contribution >= 0.6 is 0 Å². The van der Waals surface area contributed by atoms with Crippen LogP contribution in [-0.4, -0.2) is 33.3 Å². The Morgan fingerprint density at radius 3 is 2.47 bits per heavy atom. The minimum atomic E-state index is -3.81. The van der Waals surface area contributed by atoms with Crippen LogP contribution in [0.1, 0.15) is 37.3 Å². The van der Waals surface area contributed by atoms with Crippen LogP contribution in [0.15, 0.2) is 41.3 Å². The number of nitrogens with one attached hydrogen (secondary N) is 1. The van der Waals surface area contributed by atoms with Gasteiger partial charge in [-0.15, -0.1) is 0 Å². The van der Waals surface area contributed by atoms with E-state index >= 15 is 0 Å². The number of carbonyl (C=O) groups excluding carboxylic acids is 2. The van der Waals surface area contributed by atoms with Gasteiger partial charge in [0.2, 0.25) is 11.8 Å². The highest BCUT2D eigenvalue weighted by Crippen LogP contribution is 2.32. The lowest BCUT2D eigenvalue weighted by Crippen LogP contribution is -2.33. The number of carbonyl (C=O) groups is 2. The molecule has 1 saturated heterocycles. The largest absolute Gasteiger partial charge is 0.312 e. The third-order valence-electron chi connectivity index (χ3n) is 5.69. The second kappa shape index (κ2) is 7.75. The first-order valence-electron chi connectivity index (χ1n) is 10.1. The number of aryl methyl sites for hydroxylation is 2. The fraction of sp³-hybridized carbons (Fsp3) is 0.364. The Morgan fingerprint density at radius 1 is 1.00 bits per heavy atom. The Hall–Kier alpha value is -2.87. The summed E-state index contributed by atoms with van der Waals surface area (Å²) in [6, 6.07) is 10.1. The average molecular weight is 428 g/mol. The molecule has 7 nitrogen and oxygen atoms in total. The minimum Gasteiger partial charge on any atom is -0.312 e. The molecule has 8 heteroatoms. The zero-order valence-corrected chi connectivity index (χ0v) is 18.0. The van der Waals surface area contributed by atoms with E-state index in [-0.39, 0.29) is 16.7 Å². The predicted octanol–water partition coefficient (Wildman–Crippen LogP) is 3.22. The van der Waals surface area contributed by atoms with Crippen molar-refractivity contribution in [3.05, 3.63) is 47.5 Å². The molecule has 2 aliphatic heterocycles. The number of rotatable bonds is 4. The Kier molecular flexibility index (Phi) is 5.27. The number of fused-ring (bicyclic) bond motifs is 1. The lowest BCUT2D eigenvalue weighted by Gasteiger charge is -2.28. The summed E-state index contributed by atoms with van der Waals surface area (Å²) in [4.78, 5) is 27.5. The van der Waals surface area contributed by atoms with Crippen LogP contribution in [0.5, 0.6) is 0 Å². The van der Waals surface area contributed by atoms with E-state index in [0.717, 1.165) is 41.8 Å². The normalized spacial score (nSPS) is 16.5. The highest BCUT2D eigenvalue weighted by Gasteiger charge is 2.25. The molecule has 158 valence electrons. The van der Waals surface area contributed by atoms with Crippen molar-refractivity contribution in [3.63, 3.8) is 0 Å². The van der Waals surface area contributed by atoms with Gasteiger partial charge in [-0.2, -0.15) is 0 Å². The molecule has 0 atom stereocenters. The van der Waals surface area contributed by atoms with Crippen molar-refractivity contribution in [2.75, 3.05) is 27.6 Å². The van der Waals surface area contributed by atoms with Gasteiger partial charge in [0.15, 0.2) is 0 Å². The number of nitrogens with zero attached hydrogens (tertiary/aromatic N) is 2. The smallest absolute Gasteiger partial charge is 0.261 e. The topological polar surface area (TPSA) is 86.8 Å². The zero-order chi connectivity index (χ0) is 21.5. The van der Waals surface area contributed by atoms with E-state index in [4.69, 9.17) is 0 Å². The molecule has 0 aliphatic carbocycles. The van der Waals surface area contributed by atoms with Crippen molar-refractivity contribution in [2.24, 2.45) is 0 Å². The first kappa shape index (κ1) is 20.4. The van der Waals surface area contributed by atoms with Crippen molar-refractivity contribution in [2.45, 2.75) is 44.4 Å². The van der Waals surface area contributed by atoms with Gasteiger partial charge in [0.05, 0.1) is 10.6 Å². The van der Waals surface area contributed by atoms with Crippen LogP contribution in [0, 0.1) is 6.92 Å². The van der Waals surface area contributed by atoms with E-state index in [1.54, 1.807) is 34.1 Å². The van der Waals surface area contributed by atoms with Gasteiger partial charge in [-0.3, -0.25) is 14.3 Å². The predicted molar refractivity (Wildman–Crippen MR) is 116 cm³/mol. The Bertz CT molecular complexity index is 1130. The van der Waals surface area contributed by atoms with Crippen molar-refractivity contribution < 1.29 is 18.0 Å². The van der Waals surface area contributed by atoms with Crippen molar-refractivity contribution in [3.8, 4) is 0 Å². The maximum absolute atomic E-state index is 13.0. The molecular formula is C22H25N3O4S. The summed E-state index contributed by atoms with van der Waals surface area (Å²) in [7, 11) is -3.81. The number of benzene rings is 2. The molecule has 2 aromatic carbocycles. The monoisotopic (exact) mass is 427 g/mol. The Morgan fingerprint density at radius 2 is 1.77 bits per heavy atom. The van der Waals surface area contributed by atoms with Crippen LogP contribution in [-0.2, 0) is 26.0 Å². The van der Waals surface area contributed by atoms with Crippen LogP contribution in [0.25, 0.3) is 0 Å². The van der Waals surface area contributed by atoms with Crippen molar-refractivity contribution in [1.29, 1.82) is 0 Å². The zero-order valence-electron chi connectivity index (χ0n) is 17.1. The summed E-state index contributed by atoms with van der Waals surface area (Å²) in [6.07, 6.45) is 2.85. The van der Waals surface area contributed by atoms with E-state index in [1.165, 1.54) is 13.0 Å². The average Bonchev–Trinajstić information content (AvgIpc) is 3.14. The van der Waals surface area contributed by atoms with E-state index in [9.17, 15) is 18.0 Å². The SMILES string of the molecule is CC(=O)N1CCCc2cc(S(=O)(=O)Nc3ccc(C)c(N4CCCC4=O)c3)ccc21. The standard InChI is InChI=1S/C22H25N3O4S/c1-15-7-8-18(14-21(15)25-12-4-6-22(25)27)23-30(28,29)19-9-10-20-17(13-19)5-3-11-24(20)16(2)26/h7-10,13-14,23H,3-6,11-12H2,1-2H3. The number of anilines is 3.